The summed E-state index contributed by atoms with van der Waals surface area (Å²) in [6.07, 6.45) is 0. The zero-order valence-corrected chi connectivity index (χ0v) is 12.3. The summed E-state index contributed by atoms with van der Waals surface area (Å²) in [5, 5.41) is 3.76. The maximum absolute atomic E-state index is 6.11. The molecule has 5 nitrogen and oxygen atoms in total. The van der Waals surface area contributed by atoms with Crippen LogP contribution < -0.4 is 10.2 Å². The first-order chi connectivity index (χ1) is 8.95. The third kappa shape index (κ3) is 3.45. The lowest BCUT2D eigenvalue weighted by Gasteiger charge is -2.12. The molecule has 100 valence electrons. The lowest BCUT2D eigenvalue weighted by Crippen LogP contribution is -2.14. The number of aromatic nitrogens is 3. The fourth-order valence-corrected chi connectivity index (χ4v) is 1.77. The highest BCUT2D eigenvalue weighted by Gasteiger charge is 2.08. The molecular formula is C12H13Cl2N5. The molecule has 0 bridgehead atoms. The zero-order valence-electron chi connectivity index (χ0n) is 10.8. The van der Waals surface area contributed by atoms with Gasteiger partial charge < -0.3 is 10.2 Å². The third-order valence-corrected chi connectivity index (χ3v) is 2.86. The minimum Gasteiger partial charge on any atom is -0.347 e. The summed E-state index contributed by atoms with van der Waals surface area (Å²) in [6.45, 7) is 1.98. The van der Waals surface area contributed by atoms with Gasteiger partial charge in [-0.3, -0.25) is 0 Å². The van der Waals surface area contributed by atoms with Gasteiger partial charge in [-0.1, -0.05) is 17.7 Å². The molecule has 0 amide bonds. The summed E-state index contributed by atoms with van der Waals surface area (Å²) < 4.78 is 0. The highest BCUT2D eigenvalue weighted by Crippen LogP contribution is 2.25. The van der Waals surface area contributed by atoms with Crippen molar-refractivity contribution in [2.24, 2.45) is 0 Å². The Morgan fingerprint density at radius 1 is 1.11 bits per heavy atom. The van der Waals surface area contributed by atoms with E-state index in [0.29, 0.717) is 16.9 Å². The molecule has 0 fully saturated rings. The summed E-state index contributed by atoms with van der Waals surface area (Å²) in [6, 6.07) is 5.66. The molecule has 0 aliphatic carbocycles. The van der Waals surface area contributed by atoms with Crippen molar-refractivity contribution in [3.63, 3.8) is 0 Å². The Morgan fingerprint density at radius 2 is 1.84 bits per heavy atom. The fourth-order valence-electron chi connectivity index (χ4n) is 1.45. The van der Waals surface area contributed by atoms with Crippen molar-refractivity contribution in [3.8, 4) is 0 Å². The van der Waals surface area contributed by atoms with Crippen LogP contribution in [0.25, 0.3) is 0 Å². The van der Waals surface area contributed by atoms with Crippen LogP contribution in [-0.4, -0.2) is 29.0 Å². The number of rotatable bonds is 3. The van der Waals surface area contributed by atoms with E-state index in [1.54, 1.807) is 4.90 Å². The van der Waals surface area contributed by atoms with E-state index in [0.717, 1.165) is 11.3 Å². The number of hydrogen-bond donors (Lipinski definition) is 1. The van der Waals surface area contributed by atoms with Crippen LogP contribution in [0.3, 0.4) is 0 Å². The first-order valence-corrected chi connectivity index (χ1v) is 6.33. The van der Waals surface area contributed by atoms with Crippen LogP contribution >= 0.6 is 23.2 Å². The second kappa shape index (κ2) is 5.59. The molecule has 0 aliphatic rings. The second-order valence-corrected chi connectivity index (χ2v) is 4.98. The lowest BCUT2D eigenvalue weighted by molar-refractivity contribution is 0.961. The van der Waals surface area contributed by atoms with Gasteiger partial charge in [0.05, 0.1) is 10.7 Å². The average molecular weight is 298 g/mol. The maximum Gasteiger partial charge on any atom is 0.233 e. The van der Waals surface area contributed by atoms with Crippen LogP contribution in [0.1, 0.15) is 5.56 Å². The standard InChI is InChI=1S/C12H13Cl2N5/c1-7-4-5-8(13)9(6-7)15-11-16-10(14)17-12(18-11)19(2)3/h4-6H,1-3H3,(H,15,16,17,18). The lowest BCUT2D eigenvalue weighted by atomic mass is 10.2. The number of hydrogen-bond acceptors (Lipinski definition) is 5. The molecule has 0 atom stereocenters. The van der Waals surface area contributed by atoms with Gasteiger partial charge in [0, 0.05) is 14.1 Å². The molecule has 1 N–H and O–H groups in total. The molecule has 0 unspecified atom stereocenters. The summed E-state index contributed by atoms with van der Waals surface area (Å²) in [5.74, 6) is 0.836. The molecule has 2 rings (SSSR count). The average Bonchev–Trinajstić information content (AvgIpc) is 2.33. The molecule has 0 saturated heterocycles. The predicted octanol–water partition coefficient (Wildman–Crippen LogP) is 3.30. The Kier molecular flexibility index (Phi) is 4.07. The van der Waals surface area contributed by atoms with Crippen molar-refractivity contribution >= 4 is 40.8 Å². The molecule has 0 radical (unpaired) electrons. The van der Waals surface area contributed by atoms with Gasteiger partial charge in [0.15, 0.2) is 0 Å². The van der Waals surface area contributed by atoms with Crippen molar-refractivity contribution in [3.05, 3.63) is 34.1 Å². The number of anilines is 3. The number of benzene rings is 1. The zero-order chi connectivity index (χ0) is 14.0. The van der Waals surface area contributed by atoms with Crippen LogP contribution in [0.4, 0.5) is 17.6 Å². The molecule has 1 aromatic heterocycles. The van der Waals surface area contributed by atoms with Gasteiger partial charge in [-0.05, 0) is 36.2 Å². The van der Waals surface area contributed by atoms with Crippen molar-refractivity contribution in [1.82, 2.24) is 15.0 Å². The Hall–Kier alpha value is -1.59. The summed E-state index contributed by atoms with van der Waals surface area (Å²) >= 11 is 12.0. The Morgan fingerprint density at radius 3 is 2.53 bits per heavy atom. The monoisotopic (exact) mass is 297 g/mol. The Balaban J connectivity index is 2.35. The van der Waals surface area contributed by atoms with Crippen molar-refractivity contribution < 1.29 is 0 Å². The summed E-state index contributed by atoms with van der Waals surface area (Å²) in [5.41, 5.74) is 1.81. The smallest absolute Gasteiger partial charge is 0.233 e. The summed E-state index contributed by atoms with van der Waals surface area (Å²) in [7, 11) is 3.66. The molecule has 0 spiro atoms. The van der Waals surface area contributed by atoms with Gasteiger partial charge in [0.1, 0.15) is 0 Å². The largest absolute Gasteiger partial charge is 0.347 e. The van der Waals surface area contributed by atoms with E-state index in [1.165, 1.54) is 0 Å². The van der Waals surface area contributed by atoms with Gasteiger partial charge in [0.2, 0.25) is 17.2 Å². The SMILES string of the molecule is Cc1ccc(Cl)c(Nc2nc(Cl)nc(N(C)C)n2)c1. The summed E-state index contributed by atoms with van der Waals surface area (Å²) in [4.78, 5) is 14.0. The number of aryl methyl sites for hydroxylation is 1. The molecular weight excluding hydrogens is 285 g/mol. The van der Waals surface area contributed by atoms with Gasteiger partial charge in [-0.25, -0.2) is 0 Å². The van der Waals surface area contributed by atoms with Crippen LogP contribution in [0.5, 0.6) is 0 Å². The molecule has 1 heterocycles. The van der Waals surface area contributed by atoms with Crippen molar-refractivity contribution in [2.75, 3.05) is 24.3 Å². The van der Waals surface area contributed by atoms with Crippen LogP contribution in [-0.2, 0) is 0 Å². The number of nitrogens with zero attached hydrogens (tertiary/aromatic N) is 4. The Bertz CT molecular complexity index is 601. The quantitative estimate of drug-likeness (QED) is 0.942. The molecule has 0 aliphatic heterocycles. The van der Waals surface area contributed by atoms with Crippen molar-refractivity contribution in [2.45, 2.75) is 6.92 Å². The number of nitrogens with one attached hydrogen (secondary N) is 1. The van der Waals surface area contributed by atoms with E-state index in [4.69, 9.17) is 23.2 Å². The fraction of sp³-hybridized carbons (Fsp3) is 0.250. The van der Waals surface area contributed by atoms with E-state index in [-0.39, 0.29) is 5.28 Å². The van der Waals surface area contributed by atoms with Crippen LogP contribution in [0.15, 0.2) is 18.2 Å². The molecule has 19 heavy (non-hydrogen) atoms. The maximum atomic E-state index is 6.11. The second-order valence-electron chi connectivity index (χ2n) is 4.23. The molecule has 1 aromatic carbocycles. The van der Waals surface area contributed by atoms with E-state index in [2.05, 4.69) is 20.3 Å². The van der Waals surface area contributed by atoms with E-state index in [1.807, 2.05) is 39.2 Å². The van der Waals surface area contributed by atoms with Crippen LogP contribution in [0.2, 0.25) is 10.3 Å². The highest BCUT2D eigenvalue weighted by molar-refractivity contribution is 6.33. The van der Waals surface area contributed by atoms with Crippen LogP contribution in [0, 0.1) is 6.92 Å². The first-order valence-electron chi connectivity index (χ1n) is 5.58. The van der Waals surface area contributed by atoms with E-state index >= 15 is 0 Å². The van der Waals surface area contributed by atoms with E-state index in [9.17, 15) is 0 Å². The minimum atomic E-state index is 0.130. The third-order valence-electron chi connectivity index (χ3n) is 2.36. The molecule has 7 heteroatoms. The predicted molar refractivity (Wildman–Crippen MR) is 78.6 cm³/mol. The minimum absolute atomic E-state index is 0.130. The number of halogens is 2. The van der Waals surface area contributed by atoms with Gasteiger partial charge in [-0.2, -0.15) is 15.0 Å². The van der Waals surface area contributed by atoms with E-state index < -0.39 is 0 Å². The first kappa shape index (κ1) is 13.8. The molecule has 0 saturated carbocycles. The van der Waals surface area contributed by atoms with Gasteiger partial charge in [-0.15, -0.1) is 0 Å². The topological polar surface area (TPSA) is 53.9 Å². The molecule has 2 aromatic rings. The van der Waals surface area contributed by atoms with Gasteiger partial charge >= 0.3 is 0 Å². The Labute approximate surface area is 121 Å². The normalized spacial score (nSPS) is 10.4. The van der Waals surface area contributed by atoms with Crippen molar-refractivity contribution in [1.29, 1.82) is 0 Å². The highest BCUT2D eigenvalue weighted by atomic mass is 35.5. The van der Waals surface area contributed by atoms with Gasteiger partial charge in [0.25, 0.3) is 0 Å².